The van der Waals surface area contributed by atoms with E-state index in [9.17, 15) is 0 Å². The smallest absolute Gasteiger partial charge is 0.0591 e. The summed E-state index contributed by atoms with van der Waals surface area (Å²) in [6.45, 7) is 12.0. The van der Waals surface area contributed by atoms with Crippen molar-refractivity contribution in [3.63, 3.8) is 0 Å². The lowest BCUT2D eigenvalue weighted by Gasteiger charge is -2.21. The van der Waals surface area contributed by atoms with Gasteiger partial charge in [-0.3, -0.25) is 0 Å². The maximum absolute atomic E-state index is 5.63. The summed E-state index contributed by atoms with van der Waals surface area (Å²) >= 11 is 0. The van der Waals surface area contributed by atoms with E-state index in [1.165, 1.54) is 25.7 Å². The second-order valence-electron chi connectivity index (χ2n) is 5.96. The molecule has 17 heavy (non-hydrogen) atoms. The average Bonchev–Trinajstić information content (AvgIpc) is 2.64. The molecule has 0 aromatic heterocycles. The lowest BCUT2D eigenvalue weighted by Crippen LogP contribution is -2.35. The highest BCUT2D eigenvalue weighted by Gasteiger charge is 2.30. The molecule has 3 unspecified atom stereocenters. The minimum Gasteiger partial charge on any atom is -0.380 e. The Morgan fingerprint density at radius 2 is 2.00 bits per heavy atom. The Morgan fingerprint density at radius 1 is 1.24 bits per heavy atom. The summed E-state index contributed by atoms with van der Waals surface area (Å²) in [5, 5.41) is 3.66. The highest BCUT2D eigenvalue weighted by atomic mass is 16.5. The van der Waals surface area contributed by atoms with E-state index >= 15 is 0 Å². The van der Waals surface area contributed by atoms with Crippen molar-refractivity contribution >= 4 is 0 Å². The Labute approximate surface area is 108 Å². The SMILES string of the molecule is CCC1CCC(NCCOCCC(C)C)C1C. The van der Waals surface area contributed by atoms with Crippen LogP contribution in [0.1, 0.15) is 53.4 Å². The molecule has 1 rings (SSSR count). The molecule has 0 aromatic carbocycles. The molecule has 0 saturated heterocycles. The van der Waals surface area contributed by atoms with Gasteiger partial charge in [-0.1, -0.05) is 34.1 Å². The van der Waals surface area contributed by atoms with Crippen molar-refractivity contribution in [2.24, 2.45) is 17.8 Å². The quantitative estimate of drug-likeness (QED) is 0.657. The first-order valence-corrected chi connectivity index (χ1v) is 7.46. The topological polar surface area (TPSA) is 21.3 Å². The van der Waals surface area contributed by atoms with Crippen LogP contribution in [0.25, 0.3) is 0 Å². The molecule has 0 amide bonds. The summed E-state index contributed by atoms with van der Waals surface area (Å²) in [6.07, 6.45) is 5.27. The number of rotatable bonds is 8. The van der Waals surface area contributed by atoms with Crippen LogP contribution in [0, 0.1) is 17.8 Å². The molecule has 1 fully saturated rings. The zero-order valence-electron chi connectivity index (χ0n) is 12.2. The van der Waals surface area contributed by atoms with Gasteiger partial charge in [0, 0.05) is 19.2 Å². The molecule has 1 saturated carbocycles. The molecule has 0 heterocycles. The fraction of sp³-hybridized carbons (Fsp3) is 1.00. The Balaban J connectivity index is 2.00. The predicted molar refractivity (Wildman–Crippen MR) is 74.2 cm³/mol. The predicted octanol–water partition coefficient (Wildman–Crippen LogP) is 3.46. The molecule has 0 aliphatic heterocycles. The summed E-state index contributed by atoms with van der Waals surface area (Å²) in [4.78, 5) is 0. The minimum atomic E-state index is 0.730. The fourth-order valence-electron chi connectivity index (χ4n) is 2.85. The Morgan fingerprint density at radius 3 is 2.59 bits per heavy atom. The summed E-state index contributed by atoms with van der Waals surface area (Å²) in [7, 11) is 0. The lowest BCUT2D eigenvalue weighted by atomic mass is 9.93. The van der Waals surface area contributed by atoms with Gasteiger partial charge in [0.1, 0.15) is 0 Å². The van der Waals surface area contributed by atoms with Gasteiger partial charge in [-0.15, -0.1) is 0 Å². The second-order valence-corrected chi connectivity index (χ2v) is 5.96. The van der Waals surface area contributed by atoms with E-state index in [4.69, 9.17) is 4.74 Å². The Bertz CT molecular complexity index is 193. The third kappa shape index (κ3) is 5.39. The maximum Gasteiger partial charge on any atom is 0.0591 e. The second kappa shape index (κ2) is 8.10. The number of ether oxygens (including phenoxy) is 1. The van der Waals surface area contributed by atoms with Crippen LogP contribution < -0.4 is 5.32 Å². The summed E-state index contributed by atoms with van der Waals surface area (Å²) < 4.78 is 5.63. The molecular formula is C15H31NO. The molecule has 3 atom stereocenters. The third-order valence-corrected chi connectivity index (χ3v) is 4.24. The van der Waals surface area contributed by atoms with Crippen LogP contribution in [0.15, 0.2) is 0 Å². The number of nitrogens with one attached hydrogen (secondary N) is 1. The number of hydrogen-bond acceptors (Lipinski definition) is 2. The van der Waals surface area contributed by atoms with Gasteiger partial charge in [-0.2, -0.15) is 0 Å². The Kier molecular flexibility index (Phi) is 7.14. The first kappa shape index (κ1) is 15.0. The van der Waals surface area contributed by atoms with Gasteiger partial charge in [-0.05, 0) is 37.0 Å². The van der Waals surface area contributed by atoms with Crippen molar-refractivity contribution in [3.8, 4) is 0 Å². The van der Waals surface area contributed by atoms with Crippen LogP contribution >= 0.6 is 0 Å². The van der Waals surface area contributed by atoms with Crippen molar-refractivity contribution in [2.75, 3.05) is 19.8 Å². The zero-order valence-corrected chi connectivity index (χ0v) is 12.2. The van der Waals surface area contributed by atoms with E-state index in [1.807, 2.05) is 0 Å². The van der Waals surface area contributed by atoms with Crippen LogP contribution in [-0.2, 0) is 4.74 Å². The van der Waals surface area contributed by atoms with Crippen LogP contribution in [0.2, 0.25) is 0 Å². The van der Waals surface area contributed by atoms with Crippen molar-refractivity contribution in [1.29, 1.82) is 0 Å². The van der Waals surface area contributed by atoms with E-state index in [-0.39, 0.29) is 0 Å². The fourth-order valence-corrected chi connectivity index (χ4v) is 2.85. The molecule has 0 aromatic rings. The van der Waals surface area contributed by atoms with Gasteiger partial charge in [0.25, 0.3) is 0 Å². The van der Waals surface area contributed by atoms with Crippen molar-refractivity contribution in [3.05, 3.63) is 0 Å². The monoisotopic (exact) mass is 241 g/mol. The van der Waals surface area contributed by atoms with Gasteiger partial charge in [0.05, 0.1) is 6.61 Å². The highest BCUT2D eigenvalue weighted by molar-refractivity contribution is 4.86. The number of hydrogen-bond donors (Lipinski definition) is 1. The molecule has 102 valence electrons. The van der Waals surface area contributed by atoms with Gasteiger partial charge < -0.3 is 10.1 Å². The first-order chi connectivity index (χ1) is 8.15. The van der Waals surface area contributed by atoms with Crippen molar-refractivity contribution in [1.82, 2.24) is 5.32 Å². The standard InChI is InChI=1S/C15H31NO/c1-5-14-6-7-15(13(14)4)16-9-11-17-10-8-12(2)3/h12-16H,5-11H2,1-4H3. The Hall–Kier alpha value is -0.0800. The van der Waals surface area contributed by atoms with Gasteiger partial charge in [0.15, 0.2) is 0 Å². The van der Waals surface area contributed by atoms with Gasteiger partial charge in [-0.25, -0.2) is 0 Å². The largest absolute Gasteiger partial charge is 0.380 e. The minimum absolute atomic E-state index is 0.730. The highest BCUT2D eigenvalue weighted by Crippen LogP contribution is 2.33. The molecule has 0 spiro atoms. The average molecular weight is 241 g/mol. The van der Waals surface area contributed by atoms with Crippen LogP contribution in [0.5, 0.6) is 0 Å². The lowest BCUT2D eigenvalue weighted by molar-refractivity contribution is 0.122. The van der Waals surface area contributed by atoms with Crippen molar-refractivity contribution < 1.29 is 4.74 Å². The summed E-state index contributed by atoms with van der Waals surface area (Å²) in [5.41, 5.74) is 0. The van der Waals surface area contributed by atoms with E-state index < -0.39 is 0 Å². The van der Waals surface area contributed by atoms with E-state index in [0.29, 0.717) is 0 Å². The van der Waals surface area contributed by atoms with Crippen LogP contribution in [0.4, 0.5) is 0 Å². The molecular weight excluding hydrogens is 210 g/mol. The molecule has 1 aliphatic carbocycles. The molecule has 1 aliphatic rings. The molecule has 2 heteroatoms. The van der Waals surface area contributed by atoms with E-state index in [1.54, 1.807) is 0 Å². The van der Waals surface area contributed by atoms with Crippen molar-refractivity contribution in [2.45, 2.75) is 59.4 Å². The normalized spacial score (nSPS) is 29.1. The molecule has 2 nitrogen and oxygen atoms in total. The molecule has 0 bridgehead atoms. The molecule has 0 radical (unpaired) electrons. The van der Waals surface area contributed by atoms with E-state index in [2.05, 4.69) is 33.0 Å². The van der Waals surface area contributed by atoms with Crippen LogP contribution in [-0.4, -0.2) is 25.8 Å². The maximum atomic E-state index is 5.63. The van der Waals surface area contributed by atoms with Gasteiger partial charge in [0.2, 0.25) is 0 Å². The van der Waals surface area contributed by atoms with Crippen LogP contribution in [0.3, 0.4) is 0 Å². The molecule has 1 N–H and O–H groups in total. The summed E-state index contributed by atoms with van der Waals surface area (Å²) in [6, 6.07) is 0.730. The van der Waals surface area contributed by atoms with E-state index in [0.717, 1.165) is 43.6 Å². The summed E-state index contributed by atoms with van der Waals surface area (Å²) in [5.74, 6) is 2.54. The zero-order chi connectivity index (χ0) is 12.7. The van der Waals surface area contributed by atoms with Gasteiger partial charge >= 0.3 is 0 Å². The first-order valence-electron chi connectivity index (χ1n) is 7.46. The third-order valence-electron chi connectivity index (χ3n) is 4.24.